The standard InChI is InChI=1S/C28H34F2N3O7P/c1-33(26(34)15-14-20-11-8-13-24(29)27(20)30)23(12-6-7-16-40-41(36,37-2)38-3)19-39-28(35)32-25-17-21-9-4-5-10-22(21)18-31-25/h4-5,8-11,13,17-18,23H,6-7,12,14-16,19H2,1-3H3,(H,31,32,35)/t23-/m0/s1. The number of phosphoric acid groups is 1. The number of rotatable bonds is 15. The molecule has 0 aliphatic carbocycles. The van der Waals surface area contributed by atoms with Gasteiger partial charge in [0.05, 0.1) is 12.6 Å². The predicted molar refractivity (Wildman–Crippen MR) is 149 cm³/mol. The Kier molecular flexibility index (Phi) is 12.2. The van der Waals surface area contributed by atoms with Gasteiger partial charge in [-0.25, -0.2) is 23.1 Å². The van der Waals surface area contributed by atoms with Gasteiger partial charge in [0.1, 0.15) is 12.4 Å². The zero-order valence-electron chi connectivity index (χ0n) is 23.2. The molecule has 2 amide bonds. The number of ether oxygens (including phenoxy) is 1. The average Bonchev–Trinajstić information content (AvgIpc) is 2.98. The second kappa shape index (κ2) is 15.5. The molecule has 1 atom stereocenters. The van der Waals surface area contributed by atoms with Crippen LogP contribution in [-0.2, 0) is 34.1 Å². The lowest BCUT2D eigenvalue weighted by Crippen LogP contribution is -2.41. The van der Waals surface area contributed by atoms with Crippen molar-refractivity contribution < 1.29 is 41.2 Å². The summed E-state index contributed by atoms with van der Waals surface area (Å²) >= 11 is 0. The van der Waals surface area contributed by atoms with Crippen LogP contribution >= 0.6 is 7.82 Å². The lowest BCUT2D eigenvalue weighted by Gasteiger charge is -2.28. The molecule has 13 heteroatoms. The molecule has 0 saturated heterocycles. The molecule has 0 unspecified atom stereocenters. The van der Waals surface area contributed by atoms with Crippen LogP contribution in [0.4, 0.5) is 19.4 Å². The molecule has 0 aliphatic rings. The molecule has 0 fully saturated rings. The Morgan fingerprint density at radius 2 is 1.78 bits per heavy atom. The van der Waals surface area contributed by atoms with Crippen LogP contribution in [0, 0.1) is 11.6 Å². The van der Waals surface area contributed by atoms with Gasteiger partial charge in [-0.3, -0.25) is 23.7 Å². The maximum atomic E-state index is 14.0. The Labute approximate surface area is 237 Å². The van der Waals surface area contributed by atoms with Gasteiger partial charge in [0.25, 0.3) is 0 Å². The minimum absolute atomic E-state index is 0.00558. The number of nitrogens with zero attached hydrogens (tertiary/aromatic N) is 2. The molecule has 3 rings (SSSR count). The maximum Gasteiger partial charge on any atom is 0.474 e. The van der Waals surface area contributed by atoms with E-state index in [1.165, 1.54) is 31.3 Å². The largest absolute Gasteiger partial charge is 0.474 e. The van der Waals surface area contributed by atoms with Crippen molar-refractivity contribution in [3.63, 3.8) is 0 Å². The fourth-order valence-electron chi connectivity index (χ4n) is 4.05. The van der Waals surface area contributed by atoms with Crippen LogP contribution in [0.5, 0.6) is 0 Å². The van der Waals surface area contributed by atoms with Crippen LogP contribution in [0.25, 0.3) is 10.8 Å². The van der Waals surface area contributed by atoms with E-state index in [9.17, 15) is 22.9 Å². The third kappa shape index (κ3) is 9.57. The molecule has 1 aromatic heterocycles. The molecule has 0 aliphatic heterocycles. The summed E-state index contributed by atoms with van der Waals surface area (Å²) in [6.45, 7) is -0.0529. The number of benzene rings is 2. The van der Waals surface area contributed by atoms with Gasteiger partial charge in [-0.15, -0.1) is 0 Å². The number of hydrogen-bond donors (Lipinski definition) is 1. The summed E-state index contributed by atoms with van der Waals surface area (Å²) in [5, 5.41) is 4.40. The first-order valence-corrected chi connectivity index (χ1v) is 14.4. The Morgan fingerprint density at radius 1 is 1.05 bits per heavy atom. The minimum Gasteiger partial charge on any atom is -0.447 e. The highest BCUT2D eigenvalue weighted by molar-refractivity contribution is 7.48. The highest BCUT2D eigenvalue weighted by atomic mass is 31.2. The van der Waals surface area contributed by atoms with Crippen molar-refractivity contribution >= 4 is 36.4 Å². The van der Waals surface area contributed by atoms with Gasteiger partial charge in [0.2, 0.25) is 5.91 Å². The number of carbonyl (C=O) groups is 2. The van der Waals surface area contributed by atoms with Gasteiger partial charge in [-0.05, 0) is 48.8 Å². The predicted octanol–water partition coefficient (Wildman–Crippen LogP) is 6.11. The number of anilines is 1. The molecule has 0 bridgehead atoms. The maximum absolute atomic E-state index is 14.0. The van der Waals surface area contributed by atoms with E-state index < -0.39 is 31.6 Å². The number of unbranched alkanes of at least 4 members (excludes halogenated alkanes) is 1. The van der Waals surface area contributed by atoms with Gasteiger partial charge in [-0.1, -0.05) is 36.4 Å². The van der Waals surface area contributed by atoms with Crippen LogP contribution in [0.3, 0.4) is 0 Å². The summed E-state index contributed by atoms with van der Waals surface area (Å²) in [7, 11) is 0.380. The Hall–Kier alpha value is -3.44. The van der Waals surface area contributed by atoms with Crippen molar-refractivity contribution in [3.8, 4) is 0 Å². The molecular formula is C28H34F2N3O7P. The minimum atomic E-state index is -3.61. The highest BCUT2D eigenvalue weighted by Gasteiger charge is 2.24. The molecule has 3 aromatic rings. The number of amides is 2. The van der Waals surface area contributed by atoms with E-state index >= 15 is 0 Å². The number of phosphoric ester groups is 1. The molecule has 2 aromatic carbocycles. The molecular weight excluding hydrogens is 559 g/mol. The SMILES string of the molecule is COP(=O)(OC)OCCCC[C@@H](COC(=O)Nc1cc2ccccc2cn1)N(C)C(=O)CCc1cccc(F)c1F. The first-order valence-electron chi connectivity index (χ1n) is 13.0. The number of pyridine rings is 1. The number of nitrogens with one attached hydrogen (secondary N) is 1. The van der Waals surface area contributed by atoms with E-state index in [1.807, 2.05) is 24.3 Å². The normalized spacial score (nSPS) is 12.2. The van der Waals surface area contributed by atoms with Crippen molar-refractivity contribution in [3.05, 3.63) is 71.9 Å². The fourth-order valence-corrected chi connectivity index (χ4v) is 4.77. The number of carbonyl (C=O) groups excluding carboxylic acids is 2. The van der Waals surface area contributed by atoms with E-state index in [0.717, 1.165) is 16.8 Å². The van der Waals surface area contributed by atoms with E-state index in [0.29, 0.717) is 25.1 Å². The van der Waals surface area contributed by atoms with Gasteiger partial charge >= 0.3 is 13.9 Å². The number of halogens is 2. The Morgan fingerprint density at radius 3 is 2.51 bits per heavy atom. The van der Waals surface area contributed by atoms with Crippen molar-refractivity contribution in [1.29, 1.82) is 0 Å². The number of likely N-dealkylation sites (N-methyl/N-ethyl adjacent to an activating group) is 1. The Bertz CT molecular complexity index is 1370. The summed E-state index contributed by atoms with van der Waals surface area (Å²) in [6, 6.07) is 12.6. The second-order valence-corrected chi connectivity index (χ2v) is 11.0. The molecule has 1 N–H and O–H groups in total. The van der Waals surface area contributed by atoms with Crippen molar-refractivity contribution in [2.24, 2.45) is 0 Å². The molecule has 222 valence electrons. The lowest BCUT2D eigenvalue weighted by atomic mass is 10.1. The summed E-state index contributed by atoms with van der Waals surface area (Å²) in [5.41, 5.74) is 0.0969. The van der Waals surface area contributed by atoms with Gasteiger partial charge < -0.3 is 9.64 Å². The van der Waals surface area contributed by atoms with Crippen molar-refractivity contribution in [1.82, 2.24) is 9.88 Å². The molecule has 41 heavy (non-hydrogen) atoms. The van der Waals surface area contributed by atoms with Crippen LogP contribution < -0.4 is 5.32 Å². The summed E-state index contributed by atoms with van der Waals surface area (Å²) in [4.78, 5) is 31.1. The molecule has 0 spiro atoms. The first kappa shape index (κ1) is 32.1. The topological polar surface area (TPSA) is 116 Å². The summed E-state index contributed by atoms with van der Waals surface area (Å²) in [5.74, 6) is -1.98. The zero-order chi connectivity index (χ0) is 29.8. The first-order chi connectivity index (χ1) is 19.7. The quantitative estimate of drug-likeness (QED) is 0.166. The van der Waals surface area contributed by atoms with Crippen molar-refractivity contribution in [2.75, 3.05) is 39.8 Å². The molecule has 10 nitrogen and oxygen atoms in total. The molecule has 1 heterocycles. The average molecular weight is 594 g/mol. The van der Waals surface area contributed by atoms with Gasteiger partial charge in [0.15, 0.2) is 11.6 Å². The van der Waals surface area contributed by atoms with Crippen LogP contribution in [0.15, 0.2) is 54.7 Å². The highest BCUT2D eigenvalue weighted by Crippen LogP contribution is 2.47. The van der Waals surface area contributed by atoms with Gasteiger partial charge in [-0.2, -0.15) is 0 Å². The fraction of sp³-hybridized carbons (Fsp3) is 0.393. The third-order valence-corrected chi connectivity index (χ3v) is 7.87. The molecule has 0 radical (unpaired) electrons. The third-order valence-electron chi connectivity index (χ3n) is 6.48. The summed E-state index contributed by atoms with van der Waals surface area (Å²) in [6.07, 6.45) is 2.20. The van der Waals surface area contributed by atoms with Gasteiger partial charge in [0, 0.05) is 39.3 Å². The molecule has 0 saturated carbocycles. The number of fused-ring (bicyclic) bond motifs is 1. The lowest BCUT2D eigenvalue weighted by molar-refractivity contribution is -0.133. The van der Waals surface area contributed by atoms with Crippen LogP contribution in [0.1, 0.15) is 31.2 Å². The van der Waals surface area contributed by atoms with Crippen LogP contribution in [-0.4, -0.2) is 62.4 Å². The second-order valence-electron chi connectivity index (χ2n) is 9.15. The monoisotopic (exact) mass is 593 g/mol. The number of aryl methyl sites for hydroxylation is 1. The smallest absolute Gasteiger partial charge is 0.447 e. The van der Waals surface area contributed by atoms with E-state index in [-0.39, 0.29) is 37.5 Å². The summed E-state index contributed by atoms with van der Waals surface area (Å²) < 4.78 is 59.7. The number of hydrogen-bond acceptors (Lipinski definition) is 8. The zero-order valence-corrected chi connectivity index (χ0v) is 24.1. The van der Waals surface area contributed by atoms with E-state index in [1.54, 1.807) is 19.3 Å². The number of aromatic nitrogens is 1. The Balaban J connectivity index is 1.59. The van der Waals surface area contributed by atoms with Crippen molar-refractivity contribution in [2.45, 2.75) is 38.1 Å². The van der Waals surface area contributed by atoms with E-state index in [2.05, 4.69) is 10.3 Å². The van der Waals surface area contributed by atoms with Crippen LogP contribution in [0.2, 0.25) is 0 Å². The van der Waals surface area contributed by atoms with E-state index in [4.69, 9.17) is 18.3 Å².